The molecule has 3 heterocycles. The molecular formula is C22H19ClN4O3S2. The Morgan fingerprint density at radius 2 is 2.03 bits per heavy atom. The minimum atomic E-state index is 0.266. The molecule has 1 aliphatic heterocycles. The van der Waals surface area contributed by atoms with Crippen LogP contribution in [0.3, 0.4) is 0 Å². The maximum atomic E-state index is 6.17. The van der Waals surface area contributed by atoms with E-state index in [0.29, 0.717) is 23.1 Å². The van der Waals surface area contributed by atoms with E-state index in [1.807, 2.05) is 41.0 Å². The van der Waals surface area contributed by atoms with E-state index >= 15 is 0 Å². The molecule has 4 aromatic rings. The molecule has 0 spiro atoms. The molecule has 0 bridgehead atoms. The van der Waals surface area contributed by atoms with Crippen LogP contribution in [0.4, 0.5) is 0 Å². The number of nitrogens with zero attached hydrogens (tertiary/aromatic N) is 4. The Kier molecular flexibility index (Phi) is 6.20. The summed E-state index contributed by atoms with van der Waals surface area (Å²) in [6.45, 7) is 3.38. The SMILES string of the molecule is CCn1c(COc2ccccc2Cl)nnc1SCc1csc(-c2ccc3c(c2)OCO3)n1. The van der Waals surface area contributed by atoms with E-state index < -0.39 is 0 Å². The Bertz CT molecular complexity index is 1240. The van der Waals surface area contributed by atoms with E-state index in [1.165, 1.54) is 0 Å². The number of thioether (sulfide) groups is 1. The normalized spacial score (nSPS) is 12.3. The summed E-state index contributed by atoms with van der Waals surface area (Å²) in [4.78, 5) is 4.77. The molecule has 2 aromatic heterocycles. The average Bonchev–Trinajstić information content (AvgIpc) is 3.55. The van der Waals surface area contributed by atoms with Gasteiger partial charge in [-0.3, -0.25) is 0 Å². The zero-order valence-electron chi connectivity index (χ0n) is 17.2. The zero-order valence-corrected chi connectivity index (χ0v) is 19.5. The second-order valence-corrected chi connectivity index (χ2v) is 9.07. The van der Waals surface area contributed by atoms with Crippen LogP contribution in [0.2, 0.25) is 5.02 Å². The van der Waals surface area contributed by atoms with Crippen molar-refractivity contribution in [3.05, 3.63) is 64.4 Å². The number of rotatable bonds is 8. The van der Waals surface area contributed by atoms with Crippen LogP contribution in [-0.2, 0) is 18.9 Å². The third-order valence-electron chi connectivity index (χ3n) is 4.82. The van der Waals surface area contributed by atoms with Crippen LogP contribution < -0.4 is 14.2 Å². The third-order valence-corrected chi connectivity index (χ3v) is 7.08. The number of halogens is 1. The van der Waals surface area contributed by atoms with Gasteiger partial charge in [0.1, 0.15) is 17.4 Å². The molecule has 164 valence electrons. The number of thiazole rings is 1. The molecule has 10 heteroatoms. The van der Waals surface area contributed by atoms with Gasteiger partial charge in [-0.25, -0.2) is 4.98 Å². The Balaban J connectivity index is 1.24. The molecule has 0 radical (unpaired) electrons. The Morgan fingerprint density at radius 3 is 2.91 bits per heavy atom. The Hall–Kier alpha value is -2.75. The van der Waals surface area contributed by atoms with Crippen LogP contribution in [0, 0.1) is 0 Å². The number of benzene rings is 2. The molecule has 0 unspecified atom stereocenters. The van der Waals surface area contributed by atoms with E-state index in [2.05, 4.69) is 22.5 Å². The van der Waals surface area contributed by atoms with Gasteiger partial charge in [0.25, 0.3) is 0 Å². The summed E-state index contributed by atoms with van der Waals surface area (Å²) in [6, 6.07) is 13.3. The standard InChI is InChI=1S/C22H19ClN4O3S2/c1-2-27-20(10-28-17-6-4-3-5-16(17)23)25-26-22(27)32-12-15-11-31-21(24-15)14-7-8-18-19(9-14)30-13-29-18/h3-9,11H,2,10,12-13H2,1H3. The van der Waals surface area contributed by atoms with Crippen molar-refractivity contribution in [1.29, 1.82) is 0 Å². The highest BCUT2D eigenvalue weighted by Crippen LogP contribution is 2.37. The van der Waals surface area contributed by atoms with Crippen molar-refractivity contribution in [2.45, 2.75) is 31.0 Å². The van der Waals surface area contributed by atoms with Crippen molar-refractivity contribution >= 4 is 34.7 Å². The van der Waals surface area contributed by atoms with E-state index in [4.69, 9.17) is 30.8 Å². The third kappa shape index (κ3) is 4.41. The fraction of sp³-hybridized carbons (Fsp3) is 0.227. The van der Waals surface area contributed by atoms with Crippen LogP contribution in [0.1, 0.15) is 18.4 Å². The van der Waals surface area contributed by atoms with Gasteiger partial charge in [-0.05, 0) is 37.3 Å². The minimum absolute atomic E-state index is 0.266. The van der Waals surface area contributed by atoms with Gasteiger partial charge in [-0.15, -0.1) is 21.5 Å². The minimum Gasteiger partial charge on any atom is -0.484 e. The van der Waals surface area contributed by atoms with Crippen molar-refractivity contribution in [2.24, 2.45) is 0 Å². The van der Waals surface area contributed by atoms with E-state index in [9.17, 15) is 0 Å². The lowest BCUT2D eigenvalue weighted by Gasteiger charge is -2.09. The van der Waals surface area contributed by atoms with Crippen molar-refractivity contribution < 1.29 is 14.2 Å². The van der Waals surface area contributed by atoms with Crippen LogP contribution in [0.5, 0.6) is 17.2 Å². The quantitative estimate of drug-likeness (QED) is 0.297. The Morgan fingerprint density at radius 1 is 1.16 bits per heavy atom. The van der Waals surface area contributed by atoms with Gasteiger partial charge in [0.15, 0.2) is 22.5 Å². The summed E-state index contributed by atoms with van der Waals surface area (Å²) in [5.74, 6) is 3.62. The highest BCUT2D eigenvalue weighted by molar-refractivity contribution is 7.98. The van der Waals surface area contributed by atoms with E-state index in [1.54, 1.807) is 29.2 Å². The molecule has 0 aliphatic carbocycles. The van der Waals surface area contributed by atoms with E-state index in [0.717, 1.165) is 45.3 Å². The number of ether oxygens (including phenoxy) is 3. The van der Waals surface area contributed by atoms with Gasteiger partial charge < -0.3 is 18.8 Å². The first-order valence-corrected chi connectivity index (χ1v) is 12.2. The van der Waals surface area contributed by atoms with Crippen molar-refractivity contribution in [1.82, 2.24) is 19.7 Å². The molecule has 0 saturated heterocycles. The van der Waals surface area contributed by atoms with Gasteiger partial charge in [-0.2, -0.15) is 0 Å². The number of para-hydroxylation sites is 1. The molecule has 0 N–H and O–H groups in total. The topological polar surface area (TPSA) is 71.3 Å². The summed E-state index contributed by atoms with van der Waals surface area (Å²) in [5, 5.41) is 13.1. The second-order valence-electron chi connectivity index (χ2n) is 6.86. The van der Waals surface area contributed by atoms with E-state index in [-0.39, 0.29) is 6.79 Å². The molecule has 2 aromatic carbocycles. The van der Waals surface area contributed by atoms with Gasteiger partial charge in [0, 0.05) is 23.2 Å². The summed E-state index contributed by atoms with van der Waals surface area (Å²) in [7, 11) is 0. The zero-order chi connectivity index (χ0) is 21.9. The lowest BCUT2D eigenvalue weighted by atomic mass is 10.2. The first kappa shape index (κ1) is 21.1. The first-order valence-electron chi connectivity index (χ1n) is 9.98. The molecule has 0 saturated carbocycles. The summed E-state index contributed by atoms with van der Waals surface area (Å²) >= 11 is 9.39. The van der Waals surface area contributed by atoms with Gasteiger partial charge >= 0.3 is 0 Å². The molecule has 1 aliphatic rings. The lowest BCUT2D eigenvalue weighted by Crippen LogP contribution is -2.07. The van der Waals surface area contributed by atoms with Gasteiger partial charge in [-0.1, -0.05) is 35.5 Å². The smallest absolute Gasteiger partial charge is 0.231 e. The number of hydrogen-bond donors (Lipinski definition) is 0. The highest BCUT2D eigenvalue weighted by Gasteiger charge is 2.16. The maximum Gasteiger partial charge on any atom is 0.231 e. The van der Waals surface area contributed by atoms with Crippen LogP contribution in [0.25, 0.3) is 10.6 Å². The lowest BCUT2D eigenvalue weighted by molar-refractivity contribution is 0.174. The largest absolute Gasteiger partial charge is 0.484 e. The molecule has 7 nitrogen and oxygen atoms in total. The summed E-state index contributed by atoms with van der Waals surface area (Å²) in [5.41, 5.74) is 2.01. The highest BCUT2D eigenvalue weighted by atomic mass is 35.5. The van der Waals surface area contributed by atoms with Crippen LogP contribution >= 0.6 is 34.7 Å². The summed E-state index contributed by atoms with van der Waals surface area (Å²) in [6.07, 6.45) is 0. The number of aromatic nitrogens is 4. The molecule has 0 fully saturated rings. The van der Waals surface area contributed by atoms with Crippen LogP contribution in [-0.4, -0.2) is 26.5 Å². The molecular weight excluding hydrogens is 468 g/mol. The van der Waals surface area contributed by atoms with Crippen LogP contribution in [0.15, 0.2) is 53.0 Å². The van der Waals surface area contributed by atoms with Crippen molar-refractivity contribution in [2.75, 3.05) is 6.79 Å². The predicted molar refractivity (Wildman–Crippen MR) is 125 cm³/mol. The average molecular weight is 487 g/mol. The maximum absolute atomic E-state index is 6.17. The molecule has 0 atom stereocenters. The molecule has 5 rings (SSSR count). The fourth-order valence-electron chi connectivity index (χ4n) is 3.23. The van der Waals surface area contributed by atoms with Crippen molar-refractivity contribution in [3.63, 3.8) is 0 Å². The first-order chi connectivity index (χ1) is 15.7. The Labute approximate surface area is 198 Å². The molecule has 32 heavy (non-hydrogen) atoms. The number of hydrogen-bond acceptors (Lipinski definition) is 8. The number of fused-ring (bicyclic) bond motifs is 1. The second kappa shape index (κ2) is 9.40. The monoisotopic (exact) mass is 486 g/mol. The van der Waals surface area contributed by atoms with Gasteiger partial charge in [0.05, 0.1) is 10.7 Å². The molecule has 0 amide bonds. The van der Waals surface area contributed by atoms with Gasteiger partial charge in [0.2, 0.25) is 6.79 Å². The summed E-state index contributed by atoms with van der Waals surface area (Å²) < 4.78 is 18.7. The predicted octanol–water partition coefficient (Wildman–Crippen LogP) is 5.67. The van der Waals surface area contributed by atoms with Crippen molar-refractivity contribution in [3.8, 4) is 27.8 Å². The fourth-order valence-corrected chi connectivity index (χ4v) is 5.25.